The average Bonchev–Trinajstić information content (AvgIpc) is 2.55. The average molecular weight is 285 g/mol. The Labute approximate surface area is 116 Å². The van der Waals surface area contributed by atoms with Crippen LogP contribution in [0.3, 0.4) is 0 Å². The van der Waals surface area contributed by atoms with Gasteiger partial charge in [0.25, 0.3) is 0 Å². The topological polar surface area (TPSA) is 53.1 Å². The lowest BCUT2D eigenvalue weighted by atomic mass is 10.0. The number of alkyl halides is 3. The van der Waals surface area contributed by atoms with E-state index in [1.54, 1.807) is 4.90 Å². The normalized spacial score (nSPS) is 18.1. The standard InChI is InChI=1S/C14H18F3N3/c15-14(16,17)12(13(18)19)9-20-7-3-6-10-4-1-2-5-11(10)8-20/h1-2,4-5,12H,3,6-9H2,(H3,18,19). The lowest BCUT2D eigenvalue weighted by molar-refractivity contribution is -0.160. The van der Waals surface area contributed by atoms with Crippen LogP contribution in [0.25, 0.3) is 0 Å². The summed E-state index contributed by atoms with van der Waals surface area (Å²) in [5, 5.41) is 7.16. The van der Waals surface area contributed by atoms with E-state index >= 15 is 0 Å². The maximum absolute atomic E-state index is 12.9. The highest BCUT2D eigenvalue weighted by Crippen LogP contribution is 2.28. The highest BCUT2D eigenvalue weighted by molar-refractivity contribution is 5.80. The highest BCUT2D eigenvalue weighted by Gasteiger charge is 2.42. The van der Waals surface area contributed by atoms with Crippen LogP contribution in [0.5, 0.6) is 0 Å². The Balaban J connectivity index is 2.12. The fraction of sp³-hybridized carbons (Fsp3) is 0.500. The molecule has 1 heterocycles. The van der Waals surface area contributed by atoms with Crippen molar-refractivity contribution < 1.29 is 13.2 Å². The Hall–Kier alpha value is -1.56. The van der Waals surface area contributed by atoms with E-state index in [4.69, 9.17) is 11.1 Å². The molecule has 0 saturated heterocycles. The van der Waals surface area contributed by atoms with Gasteiger partial charge in [0.15, 0.2) is 0 Å². The molecule has 20 heavy (non-hydrogen) atoms. The smallest absolute Gasteiger partial charge is 0.387 e. The van der Waals surface area contributed by atoms with Crippen molar-refractivity contribution in [3.05, 3.63) is 35.4 Å². The number of hydrogen-bond donors (Lipinski definition) is 2. The molecule has 0 spiro atoms. The third kappa shape index (κ3) is 3.50. The Kier molecular flexibility index (Phi) is 4.32. The molecule has 0 amide bonds. The van der Waals surface area contributed by atoms with Gasteiger partial charge in [0, 0.05) is 13.1 Å². The second-order valence-electron chi connectivity index (χ2n) is 5.16. The number of hydrogen-bond acceptors (Lipinski definition) is 2. The van der Waals surface area contributed by atoms with Gasteiger partial charge in [-0.3, -0.25) is 10.3 Å². The van der Waals surface area contributed by atoms with Gasteiger partial charge in [-0.05, 0) is 30.5 Å². The Morgan fingerprint density at radius 2 is 1.95 bits per heavy atom. The second-order valence-corrected chi connectivity index (χ2v) is 5.16. The van der Waals surface area contributed by atoms with Crippen LogP contribution in [0.15, 0.2) is 24.3 Å². The van der Waals surface area contributed by atoms with Crippen molar-refractivity contribution in [2.45, 2.75) is 25.6 Å². The molecule has 1 unspecified atom stereocenters. The van der Waals surface area contributed by atoms with Crippen LogP contribution < -0.4 is 5.73 Å². The van der Waals surface area contributed by atoms with Crippen molar-refractivity contribution in [3.63, 3.8) is 0 Å². The van der Waals surface area contributed by atoms with E-state index in [9.17, 15) is 13.2 Å². The molecule has 1 atom stereocenters. The van der Waals surface area contributed by atoms with E-state index in [0.29, 0.717) is 13.1 Å². The van der Waals surface area contributed by atoms with Crippen molar-refractivity contribution in [3.8, 4) is 0 Å². The van der Waals surface area contributed by atoms with Gasteiger partial charge < -0.3 is 5.73 Å². The van der Waals surface area contributed by atoms with Gasteiger partial charge in [-0.15, -0.1) is 0 Å². The molecule has 0 fully saturated rings. The van der Waals surface area contributed by atoms with E-state index in [2.05, 4.69) is 0 Å². The number of rotatable bonds is 3. The lowest BCUT2D eigenvalue weighted by Gasteiger charge is -2.27. The molecule has 0 saturated carbocycles. The van der Waals surface area contributed by atoms with E-state index in [0.717, 1.165) is 18.4 Å². The molecular weight excluding hydrogens is 267 g/mol. The second kappa shape index (κ2) is 5.83. The molecule has 1 aromatic rings. The lowest BCUT2D eigenvalue weighted by Crippen LogP contribution is -2.43. The van der Waals surface area contributed by atoms with E-state index in [-0.39, 0.29) is 6.54 Å². The Bertz CT molecular complexity index is 485. The summed E-state index contributed by atoms with van der Waals surface area (Å²) in [6.07, 6.45) is -2.76. The van der Waals surface area contributed by atoms with Gasteiger partial charge >= 0.3 is 6.18 Å². The SMILES string of the molecule is N=C(N)C(CN1CCCc2ccccc2C1)C(F)(F)F. The zero-order valence-electron chi connectivity index (χ0n) is 11.1. The number of aryl methyl sites for hydroxylation is 1. The first-order valence-corrected chi connectivity index (χ1v) is 6.57. The van der Waals surface area contributed by atoms with Crippen LogP contribution in [0.2, 0.25) is 0 Å². The number of benzene rings is 1. The van der Waals surface area contributed by atoms with Crippen LogP contribution in [-0.4, -0.2) is 30.0 Å². The fourth-order valence-electron chi connectivity index (χ4n) is 2.56. The predicted octanol–water partition coefficient (Wildman–Crippen LogP) is 2.55. The minimum Gasteiger partial charge on any atom is -0.387 e. The summed E-state index contributed by atoms with van der Waals surface area (Å²) < 4.78 is 38.6. The first-order valence-electron chi connectivity index (χ1n) is 6.57. The number of halogens is 3. The quantitative estimate of drug-likeness (QED) is 0.662. The number of nitrogens with zero attached hydrogens (tertiary/aromatic N) is 1. The first-order chi connectivity index (χ1) is 9.38. The third-order valence-electron chi connectivity index (χ3n) is 3.64. The summed E-state index contributed by atoms with van der Waals surface area (Å²) in [6.45, 7) is 0.831. The van der Waals surface area contributed by atoms with Crippen LogP contribution in [0.1, 0.15) is 17.5 Å². The highest BCUT2D eigenvalue weighted by atomic mass is 19.4. The zero-order chi connectivity index (χ0) is 14.8. The molecule has 1 aliphatic rings. The number of amidine groups is 1. The van der Waals surface area contributed by atoms with Gasteiger partial charge in [0.2, 0.25) is 0 Å². The summed E-state index contributed by atoms with van der Waals surface area (Å²) in [5.41, 5.74) is 7.37. The molecule has 0 aliphatic carbocycles. The fourth-order valence-corrected chi connectivity index (χ4v) is 2.56. The molecule has 0 radical (unpaired) electrons. The molecule has 3 nitrogen and oxygen atoms in total. The Morgan fingerprint density at radius 1 is 1.30 bits per heavy atom. The monoisotopic (exact) mass is 285 g/mol. The minimum atomic E-state index is -4.46. The number of nitrogens with two attached hydrogens (primary N) is 1. The number of nitrogens with one attached hydrogen (secondary N) is 1. The predicted molar refractivity (Wildman–Crippen MR) is 71.5 cm³/mol. The van der Waals surface area contributed by atoms with Crippen LogP contribution in [-0.2, 0) is 13.0 Å². The van der Waals surface area contributed by atoms with E-state index < -0.39 is 17.9 Å². The van der Waals surface area contributed by atoms with Crippen LogP contribution in [0.4, 0.5) is 13.2 Å². The molecule has 110 valence electrons. The number of fused-ring (bicyclic) bond motifs is 1. The summed E-state index contributed by atoms with van der Waals surface area (Å²) >= 11 is 0. The molecule has 3 N–H and O–H groups in total. The maximum atomic E-state index is 12.9. The molecule has 0 aromatic heterocycles. The van der Waals surface area contributed by atoms with Gasteiger partial charge in [0.1, 0.15) is 11.8 Å². The summed E-state index contributed by atoms with van der Waals surface area (Å²) in [4.78, 5) is 1.74. The Morgan fingerprint density at radius 3 is 2.55 bits per heavy atom. The van der Waals surface area contributed by atoms with Gasteiger partial charge in [0.05, 0.1) is 0 Å². The molecule has 6 heteroatoms. The minimum absolute atomic E-state index is 0.243. The summed E-state index contributed by atoms with van der Waals surface area (Å²) in [5.74, 6) is -2.69. The van der Waals surface area contributed by atoms with Gasteiger partial charge in [-0.2, -0.15) is 13.2 Å². The van der Waals surface area contributed by atoms with Crippen molar-refractivity contribution >= 4 is 5.84 Å². The van der Waals surface area contributed by atoms with Gasteiger partial charge in [-0.25, -0.2) is 0 Å². The first kappa shape index (κ1) is 14.8. The third-order valence-corrected chi connectivity index (χ3v) is 3.64. The summed E-state index contributed by atoms with van der Waals surface area (Å²) in [7, 11) is 0. The maximum Gasteiger partial charge on any atom is 0.399 e. The van der Waals surface area contributed by atoms with Crippen LogP contribution >= 0.6 is 0 Å². The van der Waals surface area contributed by atoms with Crippen molar-refractivity contribution in [2.75, 3.05) is 13.1 Å². The summed E-state index contributed by atoms with van der Waals surface area (Å²) in [6, 6.07) is 7.81. The molecule has 1 aromatic carbocycles. The van der Waals surface area contributed by atoms with Crippen molar-refractivity contribution in [2.24, 2.45) is 11.7 Å². The van der Waals surface area contributed by atoms with Crippen molar-refractivity contribution in [1.82, 2.24) is 4.90 Å². The van der Waals surface area contributed by atoms with E-state index in [1.807, 2.05) is 24.3 Å². The zero-order valence-corrected chi connectivity index (χ0v) is 11.1. The molecular formula is C14H18F3N3. The largest absolute Gasteiger partial charge is 0.399 e. The molecule has 1 aliphatic heterocycles. The van der Waals surface area contributed by atoms with Gasteiger partial charge in [-0.1, -0.05) is 24.3 Å². The molecule has 2 rings (SSSR count). The van der Waals surface area contributed by atoms with E-state index in [1.165, 1.54) is 5.56 Å². The molecule has 0 bridgehead atoms. The van der Waals surface area contributed by atoms with Crippen LogP contribution in [0, 0.1) is 11.3 Å². The van der Waals surface area contributed by atoms with Crippen molar-refractivity contribution in [1.29, 1.82) is 5.41 Å².